The van der Waals surface area contributed by atoms with Crippen molar-refractivity contribution >= 4 is 29.1 Å². The van der Waals surface area contributed by atoms with Gasteiger partial charge in [-0.2, -0.15) is 0 Å². The summed E-state index contributed by atoms with van der Waals surface area (Å²) < 4.78 is 5.71. The van der Waals surface area contributed by atoms with Crippen molar-refractivity contribution in [3.8, 4) is 0 Å². The Morgan fingerprint density at radius 2 is 1.79 bits per heavy atom. The van der Waals surface area contributed by atoms with Crippen LogP contribution in [0, 0.1) is 0 Å². The second kappa shape index (κ2) is 9.43. The Labute approximate surface area is 201 Å². The van der Waals surface area contributed by atoms with Crippen molar-refractivity contribution in [3.63, 3.8) is 0 Å². The van der Waals surface area contributed by atoms with E-state index in [0.29, 0.717) is 28.3 Å². The van der Waals surface area contributed by atoms with Crippen LogP contribution >= 0.6 is 23.4 Å². The Hall–Kier alpha value is -1.84. The lowest BCUT2D eigenvalue weighted by Crippen LogP contribution is -2.55. The van der Waals surface area contributed by atoms with E-state index in [2.05, 4.69) is 47.8 Å². The van der Waals surface area contributed by atoms with Crippen molar-refractivity contribution in [2.45, 2.75) is 53.1 Å². The molecular weight excluding hydrogens is 462 g/mol. The highest BCUT2D eigenvalue weighted by Gasteiger charge is 2.44. The minimum atomic E-state index is -1.42. The largest absolute Gasteiger partial charge is 0.394 e. The molecule has 3 aliphatic rings. The molecule has 2 aliphatic heterocycles. The van der Waals surface area contributed by atoms with Crippen molar-refractivity contribution in [2.75, 3.05) is 11.9 Å². The standard InChI is InChI=1S/C25H26ClNO5S/c26-16-7-6-14(25-24(31)23(30)22(29)19(12-28)32-25)11-15(16)9-13-5-8-18-21(10-13)33-20-4-2-1-3-17(20)27-18/h1-8,10-11,17,19-20,22-25,27-31H,9,12H2/t17?,19-,20?,22-,23+,24-,25+/m1/s1. The lowest BCUT2D eigenvalue weighted by molar-refractivity contribution is -0.231. The summed E-state index contributed by atoms with van der Waals surface area (Å²) in [6.45, 7) is -0.463. The Kier molecular flexibility index (Phi) is 6.55. The van der Waals surface area contributed by atoms with E-state index in [0.717, 1.165) is 16.8 Å². The Morgan fingerprint density at radius 3 is 2.61 bits per heavy atom. The smallest absolute Gasteiger partial charge is 0.113 e. The number of hydrogen-bond acceptors (Lipinski definition) is 7. The van der Waals surface area contributed by atoms with Crippen LogP contribution in [0.25, 0.3) is 0 Å². The highest BCUT2D eigenvalue weighted by atomic mass is 35.5. The fourth-order valence-electron chi connectivity index (χ4n) is 4.55. The van der Waals surface area contributed by atoms with Crippen LogP contribution < -0.4 is 5.32 Å². The fraction of sp³-hybridized carbons (Fsp3) is 0.360. The van der Waals surface area contributed by atoms with Gasteiger partial charge in [0.15, 0.2) is 0 Å². The quantitative estimate of drug-likeness (QED) is 0.452. The van der Waals surface area contributed by atoms with Gasteiger partial charge in [0.05, 0.1) is 17.9 Å². The Bertz CT molecular complexity index is 1090. The van der Waals surface area contributed by atoms with Gasteiger partial charge in [0.25, 0.3) is 0 Å². The normalized spacial score (nSPS) is 32.7. The van der Waals surface area contributed by atoms with Crippen LogP contribution in [0.2, 0.25) is 5.02 Å². The van der Waals surface area contributed by atoms with E-state index < -0.39 is 37.1 Å². The van der Waals surface area contributed by atoms with Crippen LogP contribution in [0.5, 0.6) is 0 Å². The maximum atomic E-state index is 10.5. The van der Waals surface area contributed by atoms with Gasteiger partial charge in [-0.05, 0) is 41.3 Å². The van der Waals surface area contributed by atoms with Crippen molar-refractivity contribution in [1.29, 1.82) is 0 Å². The summed E-state index contributed by atoms with van der Waals surface area (Å²) in [4.78, 5) is 1.19. The van der Waals surface area contributed by atoms with Crippen LogP contribution in [0.1, 0.15) is 22.8 Å². The van der Waals surface area contributed by atoms with Gasteiger partial charge in [-0.1, -0.05) is 54.1 Å². The number of nitrogens with one attached hydrogen (secondary N) is 1. The number of benzene rings is 2. The zero-order valence-electron chi connectivity index (χ0n) is 17.7. The highest BCUT2D eigenvalue weighted by Crippen LogP contribution is 2.41. The van der Waals surface area contributed by atoms with Gasteiger partial charge < -0.3 is 30.5 Å². The molecule has 174 valence electrons. The van der Waals surface area contributed by atoms with Crippen molar-refractivity contribution in [1.82, 2.24) is 0 Å². The Balaban J connectivity index is 1.38. The number of fused-ring (bicyclic) bond motifs is 2. The third-order valence-electron chi connectivity index (χ3n) is 6.40. The third-order valence-corrected chi connectivity index (χ3v) is 8.08. The van der Waals surface area contributed by atoms with Gasteiger partial charge >= 0.3 is 0 Å². The van der Waals surface area contributed by atoms with Gasteiger partial charge in [-0.15, -0.1) is 11.8 Å². The van der Waals surface area contributed by atoms with E-state index in [1.165, 1.54) is 4.90 Å². The van der Waals surface area contributed by atoms with Crippen LogP contribution in [0.15, 0.2) is 65.6 Å². The van der Waals surface area contributed by atoms with Crippen LogP contribution in [0.3, 0.4) is 0 Å². The van der Waals surface area contributed by atoms with Crippen molar-refractivity contribution < 1.29 is 25.2 Å². The first-order valence-corrected chi connectivity index (χ1v) is 12.2. The summed E-state index contributed by atoms with van der Waals surface area (Å²) in [5.74, 6) is 0. The monoisotopic (exact) mass is 487 g/mol. The Morgan fingerprint density at radius 1 is 0.970 bits per heavy atom. The van der Waals surface area contributed by atoms with Gasteiger partial charge in [0, 0.05) is 15.6 Å². The van der Waals surface area contributed by atoms with Gasteiger partial charge in [-0.3, -0.25) is 0 Å². The molecule has 0 bridgehead atoms. The number of thioether (sulfide) groups is 1. The molecule has 0 spiro atoms. The first kappa shape index (κ1) is 22.9. The molecule has 0 aromatic heterocycles. The molecule has 1 fully saturated rings. The molecular formula is C25H26ClNO5S. The fourth-order valence-corrected chi connectivity index (χ4v) is 5.98. The number of anilines is 1. The number of aliphatic hydroxyl groups excluding tert-OH is 4. The predicted molar refractivity (Wildman–Crippen MR) is 129 cm³/mol. The van der Waals surface area contributed by atoms with Gasteiger partial charge in [0.2, 0.25) is 0 Å². The lowest BCUT2D eigenvalue weighted by Gasteiger charge is -2.40. The van der Waals surface area contributed by atoms with E-state index in [1.54, 1.807) is 12.1 Å². The molecule has 1 saturated heterocycles. The second-order valence-corrected chi connectivity index (χ2v) is 10.3. The number of allylic oxidation sites excluding steroid dienone is 2. The van der Waals surface area contributed by atoms with Crippen molar-refractivity contribution in [3.05, 3.63) is 82.4 Å². The molecule has 2 heterocycles. The molecule has 2 aromatic carbocycles. The zero-order valence-corrected chi connectivity index (χ0v) is 19.3. The molecule has 0 saturated carbocycles. The topological polar surface area (TPSA) is 102 Å². The average molecular weight is 488 g/mol. The van der Waals surface area contributed by atoms with E-state index in [9.17, 15) is 20.4 Å². The summed E-state index contributed by atoms with van der Waals surface area (Å²) in [7, 11) is 0. The number of hydrogen-bond donors (Lipinski definition) is 5. The molecule has 1 aliphatic carbocycles. The highest BCUT2D eigenvalue weighted by molar-refractivity contribution is 8.00. The lowest BCUT2D eigenvalue weighted by atomic mass is 9.90. The zero-order chi connectivity index (χ0) is 23.1. The maximum absolute atomic E-state index is 10.5. The first-order chi connectivity index (χ1) is 15.9. The van der Waals surface area contributed by atoms with Gasteiger partial charge in [-0.25, -0.2) is 0 Å². The third kappa shape index (κ3) is 4.47. The van der Waals surface area contributed by atoms with Crippen LogP contribution in [-0.2, 0) is 11.2 Å². The number of halogens is 1. The summed E-state index contributed by atoms with van der Waals surface area (Å²) >= 11 is 8.33. The minimum absolute atomic E-state index is 0.294. The molecule has 6 nitrogen and oxygen atoms in total. The summed E-state index contributed by atoms with van der Waals surface area (Å²) in [5.41, 5.74) is 3.70. The average Bonchev–Trinajstić information content (AvgIpc) is 2.83. The molecule has 5 N–H and O–H groups in total. The van der Waals surface area contributed by atoms with Crippen molar-refractivity contribution in [2.24, 2.45) is 0 Å². The second-order valence-electron chi connectivity index (χ2n) is 8.63. The molecule has 7 atom stereocenters. The maximum Gasteiger partial charge on any atom is 0.113 e. The molecule has 0 amide bonds. The minimum Gasteiger partial charge on any atom is -0.394 e. The van der Waals surface area contributed by atoms with Crippen LogP contribution in [0.4, 0.5) is 5.69 Å². The van der Waals surface area contributed by atoms with E-state index in [4.69, 9.17) is 16.3 Å². The summed E-state index contributed by atoms with van der Waals surface area (Å²) in [5, 5.41) is 44.7. The first-order valence-electron chi connectivity index (χ1n) is 10.9. The van der Waals surface area contributed by atoms with Crippen LogP contribution in [-0.4, -0.2) is 62.7 Å². The van der Waals surface area contributed by atoms with E-state index in [-0.39, 0.29) is 0 Å². The molecule has 8 heteroatoms. The summed E-state index contributed by atoms with van der Waals surface area (Å²) in [6, 6.07) is 12.0. The number of aliphatic hydroxyl groups is 4. The molecule has 2 aromatic rings. The van der Waals surface area contributed by atoms with E-state index >= 15 is 0 Å². The summed E-state index contributed by atoms with van der Waals surface area (Å²) in [6.07, 6.45) is 3.15. The number of ether oxygens (including phenoxy) is 1. The molecule has 0 radical (unpaired) electrons. The van der Waals surface area contributed by atoms with E-state index in [1.807, 2.05) is 17.8 Å². The molecule has 33 heavy (non-hydrogen) atoms. The SMILES string of the molecule is OC[C@H]1O[C@@H](c2ccc(Cl)c(Cc3ccc4c(c3)SC3C=CC=CC3N4)c2)[C@H](O)[C@@H](O)[C@@H]1O. The molecule has 2 unspecified atom stereocenters. The molecule has 5 rings (SSSR count). The number of rotatable bonds is 4. The van der Waals surface area contributed by atoms with Gasteiger partial charge in [0.1, 0.15) is 30.5 Å². The predicted octanol–water partition coefficient (Wildman–Crippen LogP) is 2.83.